The largest absolute Gasteiger partial charge is 0.370 e. The molecule has 0 spiro atoms. The highest BCUT2D eigenvalue weighted by molar-refractivity contribution is 5.87. The summed E-state index contributed by atoms with van der Waals surface area (Å²) in [6, 6.07) is 8.41. The van der Waals surface area contributed by atoms with Gasteiger partial charge in [-0.05, 0) is 17.5 Å². The van der Waals surface area contributed by atoms with E-state index in [4.69, 9.17) is 17.2 Å². The normalized spacial score (nSPS) is 10.8. The van der Waals surface area contributed by atoms with Crippen molar-refractivity contribution in [2.45, 2.75) is 19.9 Å². The number of benzene rings is 1. The van der Waals surface area contributed by atoms with Gasteiger partial charge >= 0.3 is 0 Å². The number of nitrogen functional groups attached to an aromatic ring is 1. The van der Waals surface area contributed by atoms with Crippen molar-refractivity contribution in [2.24, 2.45) is 16.5 Å². The molecule has 0 saturated carbocycles. The second kappa shape index (κ2) is 5.91. The Morgan fingerprint density at radius 2 is 1.83 bits per heavy atom. The first-order chi connectivity index (χ1) is 11.1. The van der Waals surface area contributed by atoms with Crippen molar-refractivity contribution in [1.82, 2.24) is 19.5 Å². The van der Waals surface area contributed by atoms with E-state index in [0.29, 0.717) is 17.7 Å². The van der Waals surface area contributed by atoms with Crippen LogP contribution in [0.25, 0.3) is 11.2 Å². The smallest absolute Gasteiger partial charge is 0.224 e. The number of guanidine groups is 1. The third-order valence-corrected chi connectivity index (χ3v) is 3.48. The summed E-state index contributed by atoms with van der Waals surface area (Å²) in [4.78, 5) is 16.5. The van der Waals surface area contributed by atoms with Gasteiger partial charge in [0.1, 0.15) is 0 Å². The van der Waals surface area contributed by atoms with E-state index in [1.165, 1.54) is 5.56 Å². The van der Waals surface area contributed by atoms with Gasteiger partial charge < -0.3 is 21.8 Å². The average molecular weight is 310 g/mol. The predicted molar refractivity (Wildman–Crippen MR) is 90.1 cm³/mol. The van der Waals surface area contributed by atoms with E-state index in [9.17, 15) is 0 Å². The van der Waals surface area contributed by atoms with Crippen LogP contribution in [0.5, 0.6) is 0 Å². The fraction of sp³-hybridized carbons (Fsp3) is 0.200. The Balaban J connectivity index is 2.01. The molecule has 0 amide bonds. The van der Waals surface area contributed by atoms with Crippen molar-refractivity contribution in [1.29, 1.82) is 0 Å². The van der Waals surface area contributed by atoms with Crippen molar-refractivity contribution in [3.8, 4) is 0 Å². The summed E-state index contributed by atoms with van der Waals surface area (Å²) in [5.41, 5.74) is 20.1. The molecule has 0 bridgehead atoms. The third kappa shape index (κ3) is 3.05. The maximum atomic E-state index is 5.75. The molecule has 3 rings (SSSR count). The molecule has 0 radical (unpaired) electrons. The number of imidazole rings is 1. The van der Waals surface area contributed by atoms with Crippen molar-refractivity contribution in [2.75, 3.05) is 5.73 Å². The minimum atomic E-state index is -0.103. The molecule has 1 aromatic carbocycles. The molecule has 6 N–H and O–H groups in total. The van der Waals surface area contributed by atoms with Gasteiger partial charge in [-0.3, -0.25) is 0 Å². The second-order valence-electron chi connectivity index (χ2n) is 5.16. The average Bonchev–Trinajstić information content (AvgIpc) is 2.90. The molecule has 8 nitrogen and oxygen atoms in total. The molecule has 2 aromatic heterocycles. The summed E-state index contributed by atoms with van der Waals surface area (Å²) in [5.74, 6) is 0.266. The molecule has 8 heteroatoms. The maximum absolute atomic E-state index is 5.75. The van der Waals surface area contributed by atoms with Crippen LogP contribution in [-0.4, -0.2) is 25.5 Å². The molecule has 0 unspecified atom stereocenters. The zero-order valence-electron chi connectivity index (χ0n) is 12.8. The van der Waals surface area contributed by atoms with E-state index in [1.54, 1.807) is 6.33 Å². The lowest BCUT2D eigenvalue weighted by molar-refractivity contribution is 0.813. The minimum Gasteiger partial charge on any atom is -0.370 e. The van der Waals surface area contributed by atoms with Crippen molar-refractivity contribution >= 4 is 28.9 Å². The highest BCUT2D eigenvalue weighted by atomic mass is 15.2. The van der Waals surface area contributed by atoms with Crippen LogP contribution in [0.15, 0.2) is 35.6 Å². The SMILES string of the molecule is CCc1ccc(Cn2cnc3c(N=C(N)N)nc(N)nc32)cc1. The fourth-order valence-electron chi connectivity index (χ4n) is 2.34. The quantitative estimate of drug-likeness (QED) is 0.484. The van der Waals surface area contributed by atoms with Gasteiger partial charge in [-0.15, -0.1) is 0 Å². The van der Waals surface area contributed by atoms with Crippen molar-refractivity contribution in [3.63, 3.8) is 0 Å². The van der Waals surface area contributed by atoms with Gasteiger partial charge in [0.15, 0.2) is 22.9 Å². The number of fused-ring (bicyclic) bond motifs is 1. The van der Waals surface area contributed by atoms with Crippen LogP contribution < -0.4 is 17.2 Å². The lowest BCUT2D eigenvalue weighted by Crippen LogP contribution is -2.22. The standard InChI is InChI=1S/C15H18N8/c1-2-9-3-5-10(6-4-9)7-23-8-19-11-12(20-14(16)17)21-15(18)22-13(11)23/h3-6,8H,2,7H2,1H3,(H6,16,17,18,20,21,22). The highest BCUT2D eigenvalue weighted by Gasteiger charge is 2.12. The summed E-state index contributed by atoms with van der Waals surface area (Å²) >= 11 is 0. The van der Waals surface area contributed by atoms with E-state index in [0.717, 1.165) is 12.0 Å². The number of nitrogens with two attached hydrogens (primary N) is 3. The summed E-state index contributed by atoms with van der Waals surface area (Å²) < 4.78 is 1.89. The summed E-state index contributed by atoms with van der Waals surface area (Å²) in [6.07, 6.45) is 2.69. The van der Waals surface area contributed by atoms with Crippen molar-refractivity contribution in [3.05, 3.63) is 41.7 Å². The van der Waals surface area contributed by atoms with Gasteiger partial charge in [0.05, 0.1) is 12.9 Å². The van der Waals surface area contributed by atoms with Crippen LogP contribution in [0.4, 0.5) is 11.8 Å². The Morgan fingerprint density at radius 1 is 1.13 bits per heavy atom. The number of hydrogen-bond acceptors (Lipinski definition) is 5. The van der Waals surface area contributed by atoms with E-state index in [2.05, 4.69) is 51.1 Å². The van der Waals surface area contributed by atoms with E-state index < -0.39 is 0 Å². The van der Waals surface area contributed by atoms with Crippen LogP contribution in [0.3, 0.4) is 0 Å². The number of anilines is 1. The zero-order chi connectivity index (χ0) is 16.4. The van der Waals surface area contributed by atoms with Crippen LogP contribution in [0.2, 0.25) is 0 Å². The number of aryl methyl sites for hydroxylation is 1. The lowest BCUT2D eigenvalue weighted by atomic mass is 10.1. The van der Waals surface area contributed by atoms with Crippen LogP contribution in [-0.2, 0) is 13.0 Å². The topological polar surface area (TPSA) is 134 Å². The third-order valence-electron chi connectivity index (χ3n) is 3.48. The maximum Gasteiger partial charge on any atom is 0.224 e. The second-order valence-corrected chi connectivity index (χ2v) is 5.16. The summed E-state index contributed by atoms with van der Waals surface area (Å²) in [5, 5.41) is 0. The number of rotatable bonds is 4. The highest BCUT2D eigenvalue weighted by Crippen LogP contribution is 2.22. The van der Waals surface area contributed by atoms with Crippen LogP contribution in [0.1, 0.15) is 18.1 Å². The van der Waals surface area contributed by atoms with Crippen LogP contribution in [0, 0.1) is 0 Å². The Labute approximate surface area is 133 Å². The van der Waals surface area contributed by atoms with E-state index >= 15 is 0 Å². The molecular weight excluding hydrogens is 292 g/mol. The van der Waals surface area contributed by atoms with Gasteiger partial charge in [0.2, 0.25) is 5.95 Å². The molecule has 0 fully saturated rings. The molecule has 0 aliphatic carbocycles. The van der Waals surface area contributed by atoms with Gasteiger partial charge in [-0.25, -0.2) is 4.98 Å². The van der Waals surface area contributed by atoms with Gasteiger partial charge in [-0.1, -0.05) is 31.2 Å². The van der Waals surface area contributed by atoms with E-state index in [1.807, 2.05) is 4.57 Å². The number of nitrogens with zero attached hydrogens (tertiary/aromatic N) is 5. The van der Waals surface area contributed by atoms with Gasteiger partial charge in [-0.2, -0.15) is 15.0 Å². The van der Waals surface area contributed by atoms with Gasteiger partial charge in [0.25, 0.3) is 0 Å². The number of aliphatic imine (C=N–C) groups is 1. The Bertz CT molecular complexity index is 859. The first-order valence-corrected chi connectivity index (χ1v) is 7.22. The molecule has 0 aliphatic rings. The fourth-order valence-corrected chi connectivity index (χ4v) is 2.34. The Kier molecular flexibility index (Phi) is 3.80. The predicted octanol–water partition coefficient (Wildman–Crippen LogP) is 0.924. The minimum absolute atomic E-state index is 0.0978. The molecule has 23 heavy (non-hydrogen) atoms. The first kappa shape index (κ1) is 14.8. The molecule has 0 atom stereocenters. The molecular formula is C15H18N8. The Hall–Kier alpha value is -3.16. The monoisotopic (exact) mass is 310 g/mol. The first-order valence-electron chi connectivity index (χ1n) is 7.22. The molecule has 3 aromatic rings. The number of aromatic nitrogens is 4. The van der Waals surface area contributed by atoms with E-state index in [-0.39, 0.29) is 17.7 Å². The number of hydrogen-bond donors (Lipinski definition) is 3. The van der Waals surface area contributed by atoms with Gasteiger partial charge in [0, 0.05) is 0 Å². The summed E-state index contributed by atoms with van der Waals surface area (Å²) in [7, 11) is 0. The zero-order valence-corrected chi connectivity index (χ0v) is 12.8. The van der Waals surface area contributed by atoms with Crippen LogP contribution >= 0.6 is 0 Å². The summed E-state index contributed by atoms with van der Waals surface area (Å²) in [6.45, 7) is 2.75. The molecule has 118 valence electrons. The molecule has 2 heterocycles. The molecule has 0 saturated heterocycles. The van der Waals surface area contributed by atoms with Crippen molar-refractivity contribution < 1.29 is 0 Å². The Morgan fingerprint density at radius 3 is 2.48 bits per heavy atom. The molecule has 0 aliphatic heterocycles. The lowest BCUT2D eigenvalue weighted by Gasteiger charge is -2.06.